The highest BCUT2D eigenvalue weighted by Gasteiger charge is 2.19. The van der Waals surface area contributed by atoms with Crippen LogP contribution in [0.4, 0.5) is 0 Å². The molecular formula is C7H13NO. The third-order valence-electron chi connectivity index (χ3n) is 1.87. The highest BCUT2D eigenvalue weighted by molar-refractivity contribution is 4.84. The van der Waals surface area contributed by atoms with Crippen LogP contribution >= 0.6 is 0 Å². The van der Waals surface area contributed by atoms with E-state index in [1.54, 1.807) is 0 Å². The molecule has 1 aliphatic rings. The minimum Gasteiger partial charge on any atom is -0.394 e. The summed E-state index contributed by atoms with van der Waals surface area (Å²) in [6.45, 7) is 4.99. The first-order valence-corrected chi connectivity index (χ1v) is 3.37. The number of likely N-dealkylation sites (tertiary alicyclic amines) is 1. The molecule has 1 atom stereocenters. The molecule has 1 rings (SSSR count). The van der Waals surface area contributed by atoms with Gasteiger partial charge in [-0.1, -0.05) is 6.58 Å². The number of aliphatic hydroxyl groups is 1. The second-order valence-electron chi connectivity index (χ2n) is 2.40. The quantitative estimate of drug-likeness (QED) is 0.586. The Labute approximate surface area is 55.8 Å². The van der Waals surface area contributed by atoms with Crippen molar-refractivity contribution in [1.29, 1.82) is 0 Å². The summed E-state index contributed by atoms with van der Waals surface area (Å²) < 4.78 is 0. The van der Waals surface area contributed by atoms with Crippen LogP contribution in [0, 0.1) is 0 Å². The van der Waals surface area contributed by atoms with E-state index in [-0.39, 0.29) is 6.61 Å². The molecule has 0 bridgehead atoms. The summed E-state index contributed by atoms with van der Waals surface area (Å²) >= 11 is 0. The van der Waals surface area contributed by atoms with Crippen molar-refractivity contribution in [2.45, 2.75) is 18.9 Å². The van der Waals surface area contributed by atoms with Gasteiger partial charge < -0.3 is 10.0 Å². The maximum atomic E-state index is 8.78. The van der Waals surface area contributed by atoms with Crippen molar-refractivity contribution in [3.63, 3.8) is 0 Å². The fraction of sp³-hybridized carbons (Fsp3) is 0.714. The number of hydrogen-bond acceptors (Lipinski definition) is 2. The van der Waals surface area contributed by atoms with Crippen LogP contribution in [0.3, 0.4) is 0 Å². The topological polar surface area (TPSA) is 23.5 Å². The maximum Gasteiger partial charge on any atom is 0.0634 e. The van der Waals surface area contributed by atoms with Crippen molar-refractivity contribution >= 4 is 0 Å². The van der Waals surface area contributed by atoms with Gasteiger partial charge >= 0.3 is 0 Å². The highest BCUT2D eigenvalue weighted by atomic mass is 16.3. The van der Waals surface area contributed by atoms with Crippen LogP contribution in [-0.4, -0.2) is 29.2 Å². The van der Waals surface area contributed by atoms with Crippen LogP contribution in [-0.2, 0) is 0 Å². The lowest BCUT2D eigenvalue weighted by molar-refractivity contribution is 0.196. The largest absolute Gasteiger partial charge is 0.394 e. The van der Waals surface area contributed by atoms with Gasteiger partial charge in [0.1, 0.15) is 0 Å². The number of nitrogens with zero attached hydrogens (tertiary/aromatic N) is 1. The molecule has 0 aromatic heterocycles. The van der Waals surface area contributed by atoms with Crippen LogP contribution < -0.4 is 0 Å². The summed E-state index contributed by atoms with van der Waals surface area (Å²) in [4.78, 5) is 2.10. The van der Waals surface area contributed by atoms with E-state index in [0.29, 0.717) is 6.04 Å². The minimum absolute atomic E-state index is 0.270. The summed E-state index contributed by atoms with van der Waals surface area (Å²) in [7, 11) is 0. The number of aliphatic hydroxyl groups excluding tert-OH is 1. The van der Waals surface area contributed by atoms with Gasteiger partial charge in [-0.15, -0.1) is 0 Å². The molecule has 1 saturated heterocycles. The van der Waals surface area contributed by atoms with E-state index < -0.39 is 0 Å². The molecule has 2 nitrogen and oxygen atoms in total. The predicted octanol–water partition coefficient (Wildman–Crippen LogP) is 0.587. The molecular weight excluding hydrogens is 114 g/mol. The summed E-state index contributed by atoms with van der Waals surface area (Å²) in [5.41, 5.74) is 0. The van der Waals surface area contributed by atoms with Crippen LogP contribution in [0.15, 0.2) is 12.8 Å². The Morgan fingerprint density at radius 2 is 2.56 bits per heavy atom. The van der Waals surface area contributed by atoms with Crippen LogP contribution in [0.5, 0.6) is 0 Å². The zero-order valence-electron chi connectivity index (χ0n) is 5.58. The van der Waals surface area contributed by atoms with Gasteiger partial charge in [0.2, 0.25) is 0 Å². The van der Waals surface area contributed by atoms with Crippen molar-refractivity contribution in [2.75, 3.05) is 13.2 Å². The summed E-state index contributed by atoms with van der Waals surface area (Å²) in [5, 5.41) is 8.78. The first-order valence-electron chi connectivity index (χ1n) is 3.37. The van der Waals surface area contributed by atoms with E-state index >= 15 is 0 Å². The van der Waals surface area contributed by atoms with Gasteiger partial charge in [-0.3, -0.25) is 0 Å². The SMILES string of the molecule is C=CN1CCCC1CO. The first-order chi connectivity index (χ1) is 4.38. The van der Waals surface area contributed by atoms with E-state index in [4.69, 9.17) is 5.11 Å². The van der Waals surface area contributed by atoms with E-state index in [1.807, 2.05) is 6.20 Å². The maximum absolute atomic E-state index is 8.78. The first kappa shape index (κ1) is 6.62. The second kappa shape index (κ2) is 2.87. The molecule has 0 aromatic rings. The van der Waals surface area contributed by atoms with Crippen molar-refractivity contribution < 1.29 is 5.11 Å². The van der Waals surface area contributed by atoms with Crippen molar-refractivity contribution in [1.82, 2.24) is 4.90 Å². The highest BCUT2D eigenvalue weighted by Crippen LogP contribution is 2.15. The molecule has 9 heavy (non-hydrogen) atoms. The number of hydrogen-bond donors (Lipinski definition) is 1. The molecule has 1 N–H and O–H groups in total. The van der Waals surface area contributed by atoms with Gasteiger partial charge in [-0.2, -0.15) is 0 Å². The molecule has 1 aliphatic heterocycles. The lowest BCUT2D eigenvalue weighted by atomic mass is 10.2. The lowest BCUT2D eigenvalue weighted by Gasteiger charge is -2.19. The Bertz CT molecular complexity index is 103. The zero-order valence-corrected chi connectivity index (χ0v) is 5.58. The Morgan fingerprint density at radius 1 is 1.78 bits per heavy atom. The van der Waals surface area contributed by atoms with Gasteiger partial charge in [0.05, 0.1) is 12.6 Å². The minimum atomic E-state index is 0.270. The molecule has 0 aromatic carbocycles. The zero-order chi connectivity index (χ0) is 6.69. The third kappa shape index (κ3) is 1.24. The van der Waals surface area contributed by atoms with Crippen LogP contribution in [0.2, 0.25) is 0 Å². The van der Waals surface area contributed by atoms with Gasteiger partial charge in [-0.05, 0) is 19.0 Å². The molecule has 1 fully saturated rings. The molecule has 0 amide bonds. The standard InChI is InChI=1S/C7H13NO/c1-2-8-5-3-4-7(8)6-9/h2,7,9H,1,3-6H2. The van der Waals surface area contributed by atoms with E-state index in [1.165, 1.54) is 6.42 Å². The summed E-state index contributed by atoms with van der Waals surface area (Å²) in [5.74, 6) is 0. The molecule has 0 saturated carbocycles. The van der Waals surface area contributed by atoms with E-state index in [9.17, 15) is 0 Å². The van der Waals surface area contributed by atoms with Gasteiger partial charge in [0.25, 0.3) is 0 Å². The predicted molar refractivity (Wildman–Crippen MR) is 37.0 cm³/mol. The molecule has 1 unspecified atom stereocenters. The monoisotopic (exact) mass is 127 g/mol. The molecule has 0 spiro atoms. The molecule has 1 heterocycles. The average molecular weight is 127 g/mol. The second-order valence-corrected chi connectivity index (χ2v) is 2.40. The summed E-state index contributed by atoms with van der Waals surface area (Å²) in [6.07, 6.45) is 4.12. The molecule has 2 heteroatoms. The Morgan fingerprint density at radius 3 is 3.00 bits per heavy atom. The third-order valence-corrected chi connectivity index (χ3v) is 1.87. The Kier molecular flexibility index (Phi) is 2.11. The van der Waals surface area contributed by atoms with Gasteiger partial charge in [0, 0.05) is 6.54 Å². The van der Waals surface area contributed by atoms with Crippen LogP contribution in [0.25, 0.3) is 0 Å². The smallest absolute Gasteiger partial charge is 0.0634 e. The van der Waals surface area contributed by atoms with Crippen molar-refractivity contribution in [3.05, 3.63) is 12.8 Å². The molecule has 52 valence electrons. The van der Waals surface area contributed by atoms with Crippen LogP contribution in [0.1, 0.15) is 12.8 Å². The average Bonchev–Trinajstić information content (AvgIpc) is 2.33. The van der Waals surface area contributed by atoms with Gasteiger partial charge in [0.15, 0.2) is 0 Å². The normalized spacial score (nSPS) is 26.8. The van der Waals surface area contributed by atoms with E-state index in [0.717, 1.165) is 13.0 Å². The Hall–Kier alpha value is -0.500. The Balaban J connectivity index is 2.41. The lowest BCUT2D eigenvalue weighted by Crippen LogP contribution is -2.26. The molecule has 0 radical (unpaired) electrons. The van der Waals surface area contributed by atoms with Crippen molar-refractivity contribution in [3.8, 4) is 0 Å². The van der Waals surface area contributed by atoms with Crippen molar-refractivity contribution in [2.24, 2.45) is 0 Å². The number of rotatable bonds is 2. The van der Waals surface area contributed by atoms with Gasteiger partial charge in [-0.25, -0.2) is 0 Å². The molecule has 0 aliphatic carbocycles. The summed E-state index contributed by atoms with van der Waals surface area (Å²) in [6, 6.07) is 0.350. The fourth-order valence-corrected chi connectivity index (χ4v) is 1.29. The van der Waals surface area contributed by atoms with E-state index in [2.05, 4.69) is 11.5 Å². The fourth-order valence-electron chi connectivity index (χ4n) is 1.29.